The van der Waals surface area contributed by atoms with E-state index in [1.165, 1.54) is 37.8 Å². The van der Waals surface area contributed by atoms with Crippen molar-refractivity contribution >= 4 is 11.6 Å². The van der Waals surface area contributed by atoms with E-state index in [4.69, 9.17) is 16.3 Å². The largest absolute Gasteiger partial charge is 0.493 e. The van der Waals surface area contributed by atoms with Crippen molar-refractivity contribution in [1.29, 1.82) is 0 Å². The topological polar surface area (TPSA) is 9.23 Å². The smallest absolute Gasteiger partial charge is 0.145 e. The number of ether oxygens (including phenoxy) is 1. The summed E-state index contributed by atoms with van der Waals surface area (Å²) in [7, 11) is 0. The summed E-state index contributed by atoms with van der Waals surface area (Å²) < 4.78 is 47.8. The maximum atomic E-state index is 14.3. The minimum absolute atomic E-state index is 0.0340. The van der Waals surface area contributed by atoms with Crippen LogP contribution in [0.4, 0.5) is 13.2 Å². The molecule has 0 bridgehead atoms. The molecule has 0 aliphatic heterocycles. The summed E-state index contributed by atoms with van der Waals surface area (Å²) in [6, 6.07) is 6.26. The molecule has 1 aliphatic rings. The minimum Gasteiger partial charge on any atom is -0.493 e. The van der Waals surface area contributed by atoms with E-state index in [1.807, 2.05) is 0 Å². The van der Waals surface area contributed by atoms with Gasteiger partial charge in [-0.2, -0.15) is 0 Å². The van der Waals surface area contributed by atoms with Crippen LogP contribution in [0.5, 0.6) is 5.75 Å². The van der Waals surface area contributed by atoms with Gasteiger partial charge in [-0.1, -0.05) is 56.0 Å². The lowest BCUT2D eigenvalue weighted by molar-refractivity contribution is 0.178. The molecule has 2 aromatic carbocycles. The first-order valence-corrected chi connectivity index (χ1v) is 10.4. The number of hydrogen-bond acceptors (Lipinski definition) is 1. The fourth-order valence-corrected chi connectivity index (χ4v) is 3.89. The third-order valence-electron chi connectivity index (χ3n) is 5.42. The number of halogens is 4. The second-order valence-corrected chi connectivity index (χ2v) is 8.03. The Bertz CT molecular complexity index is 885. The van der Waals surface area contributed by atoms with Crippen LogP contribution in [0.2, 0.25) is 5.02 Å². The Balaban J connectivity index is 1.62. The summed E-state index contributed by atoms with van der Waals surface area (Å²) in [5.41, 5.74) is -0.0857. The lowest BCUT2D eigenvalue weighted by Crippen LogP contribution is -2.20. The van der Waals surface area contributed by atoms with E-state index in [-0.39, 0.29) is 21.9 Å². The van der Waals surface area contributed by atoms with Crippen molar-refractivity contribution in [3.63, 3.8) is 0 Å². The van der Waals surface area contributed by atoms with Crippen LogP contribution in [-0.4, -0.2) is 6.61 Å². The normalized spacial score (nSPS) is 18.8. The summed E-state index contributed by atoms with van der Waals surface area (Å²) in [5, 5.41) is -0.0340. The van der Waals surface area contributed by atoms with Crippen molar-refractivity contribution in [2.24, 2.45) is 11.8 Å². The van der Waals surface area contributed by atoms with Crippen molar-refractivity contribution in [2.75, 3.05) is 6.61 Å². The number of rotatable bonds is 5. The van der Waals surface area contributed by atoms with Gasteiger partial charge in [-0.05, 0) is 42.9 Å². The Labute approximate surface area is 175 Å². The summed E-state index contributed by atoms with van der Waals surface area (Å²) in [4.78, 5) is 0. The van der Waals surface area contributed by atoms with Crippen molar-refractivity contribution in [1.82, 2.24) is 0 Å². The maximum absolute atomic E-state index is 14.3. The molecule has 3 rings (SSSR count). The van der Waals surface area contributed by atoms with Gasteiger partial charge in [-0.15, -0.1) is 0 Å². The number of benzene rings is 2. The van der Waals surface area contributed by atoms with Crippen LogP contribution in [-0.2, 0) is 0 Å². The van der Waals surface area contributed by atoms with Gasteiger partial charge in [-0.25, -0.2) is 13.2 Å². The second kappa shape index (κ2) is 10.1. The van der Waals surface area contributed by atoms with E-state index in [0.29, 0.717) is 12.5 Å². The van der Waals surface area contributed by atoms with Gasteiger partial charge in [-0.3, -0.25) is 0 Å². The molecule has 0 N–H and O–H groups in total. The van der Waals surface area contributed by atoms with Crippen molar-refractivity contribution in [3.8, 4) is 17.6 Å². The fourth-order valence-electron chi connectivity index (χ4n) is 3.77. The highest BCUT2D eigenvalue weighted by Crippen LogP contribution is 2.32. The summed E-state index contributed by atoms with van der Waals surface area (Å²) in [6.07, 6.45) is 7.07. The Kier molecular flexibility index (Phi) is 7.50. The molecule has 0 amide bonds. The van der Waals surface area contributed by atoms with E-state index in [9.17, 15) is 13.2 Å². The lowest BCUT2D eigenvalue weighted by Gasteiger charge is -2.28. The fraction of sp³-hybridized carbons (Fsp3) is 0.417. The molecule has 5 heteroatoms. The Morgan fingerprint density at radius 2 is 1.59 bits per heavy atom. The first-order chi connectivity index (χ1) is 14.0. The summed E-state index contributed by atoms with van der Waals surface area (Å²) in [5.74, 6) is 4.15. The van der Waals surface area contributed by atoms with E-state index in [1.54, 1.807) is 0 Å². The second-order valence-electron chi connectivity index (χ2n) is 7.63. The zero-order chi connectivity index (χ0) is 20.8. The molecular weight excluding hydrogens is 397 g/mol. The summed E-state index contributed by atoms with van der Waals surface area (Å²) >= 11 is 5.62. The van der Waals surface area contributed by atoms with Crippen LogP contribution in [0, 0.1) is 41.1 Å². The molecule has 0 unspecified atom stereocenters. The van der Waals surface area contributed by atoms with Gasteiger partial charge >= 0.3 is 0 Å². The van der Waals surface area contributed by atoms with Crippen LogP contribution in [0.25, 0.3) is 0 Å². The SMILES string of the molecule is CCCC1CCC(COc2cc(F)c(C#Cc3ccc(Cl)c(F)c3)c(F)c2)CC1. The van der Waals surface area contributed by atoms with Gasteiger partial charge in [0.05, 0.1) is 17.2 Å². The van der Waals surface area contributed by atoms with Crippen LogP contribution in [0.1, 0.15) is 56.6 Å². The minimum atomic E-state index is -0.798. The molecule has 0 spiro atoms. The zero-order valence-corrected chi connectivity index (χ0v) is 17.2. The lowest BCUT2D eigenvalue weighted by atomic mass is 9.80. The van der Waals surface area contributed by atoms with E-state index >= 15 is 0 Å². The van der Waals surface area contributed by atoms with E-state index in [2.05, 4.69) is 18.8 Å². The molecule has 2 aromatic rings. The number of hydrogen-bond donors (Lipinski definition) is 0. The predicted molar refractivity (Wildman–Crippen MR) is 110 cm³/mol. The first-order valence-electron chi connectivity index (χ1n) is 10.0. The molecular formula is C24H24ClF3O. The molecule has 1 nitrogen and oxygen atoms in total. The maximum Gasteiger partial charge on any atom is 0.145 e. The highest BCUT2D eigenvalue weighted by atomic mass is 35.5. The average molecular weight is 421 g/mol. The molecule has 0 saturated heterocycles. The Hall–Kier alpha value is -2.12. The van der Waals surface area contributed by atoms with Crippen LogP contribution in [0.15, 0.2) is 30.3 Å². The van der Waals surface area contributed by atoms with Crippen LogP contribution >= 0.6 is 11.6 Å². The molecule has 0 atom stereocenters. The van der Waals surface area contributed by atoms with Crippen molar-refractivity contribution < 1.29 is 17.9 Å². The zero-order valence-electron chi connectivity index (χ0n) is 16.4. The molecule has 1 aliphatic carbocycles. The summed E-state index contributed by atoms with van der Waals surface area (Å²) in [6.45, 7) is 2.67. The molecule has 1 fully saturated rings. The van der Waals surface area contributed by atoms with Gasteiger partial charge in [0.1, 0.15) is 23.2 Å². The highest BCUT2D eigenvalue weighted by Gasteiger charge is 2.21. The highest BCUT2D eigenvalue weighted by molar-refractivity contribution is 6.30. The molecule has 154 valence electrons. The van der Waals surface area contributed by atoms with Gasteiger partial charge in [0.2, 0.25) is 0 Å². The Morgan fingerprint density at radius 1 is 0.931 bits per heavy atom. The van der Waals surface area contributed by atoms with Crippen molar-refractivity contribution in [2.45, 2.75) is 45.4 Å². The third kappa shape index (κ3) is 5.93. The van der Waals surface area contributed by atoms with Gasteiger partial charge < -0.3 is 4.74 Å². The van der Waals surface area contributed by atoms with Gasteiger partial charge in [0, 0.05) is 17.7 Å². The van der Waals surface area contributed by atoms with Gasteiger partial charge in [0.25, 0.3) is 0 Å². The van der Waals surface area contributed by atoms with Crippen LogP contribution in [0.3, 0.4) is 0 Å². The molecule has 1 saturated carbocycles. The predicted octanol–water partition coefficient (Wildman–Crippen LogP) is 7.14. The van der Waals surface area contributed by atoms with E-state index in [0.717, 1.165) is 37.0 Å². The van der Waals surface area contributed by atoms with Crippen molar-refractivity contribution in [3.05, 3.63) is 63.9 Å². The monoisotopic (exact) mass is 420 g/mol. The van der Waals surface area contributed by atoms with Gasteiger partial charge in [0.15, 0.2) is 0 Å². The molecule has 29 heavy (non-hydrogen) atoms. The van der Waals surface area contributed by atoms with E-state index < -0.39 is 17.5 Å². The molecule has 0 heterocycles. The third-order valence-corrected chi connectivity index (χ3v) is 5.72. The van der Waals surface area contributed by atoms with Crippen LogP contribution < -0.4 is 4.74 Å². The molecule has 0 aromatic heterocycles. The Morgan fingerprint density at radius 3 is 2.21 bits per heavy atom. The standard InChI is InChI=1S/C24H24ClF3O/c1-2-3-16-4-6-18(7-5-16)15-29-19-13-22(26)20(23(27)14-19)10-8-17-9-11-21(25)24(28)12-17/h9,11-14,16,18H,2-7,15H2,1H3. The first kappa shape index (κ1) is 21.6. The average Bonchev–Trinajstić information content (AvgIpc) is 2.70. The quantitative estimate of drug-likeness (QED) is 0.467. The molecule has 0 radical (unpaired) electrons.